The minimum Gasteiger partial charge on any atom is -0.481 e. The van der Waals surface area contributed by atoms with Gasteiger partial charge in [0.05, 0.1) is 13.5 Å². The van der Waals surface area contributed by atoms with Crippen LogP contribution in [0, 0.1) is 5.82 Å². The van der Waals surface area contributed by atoms with Gasteiger partial charge in [-0.15, -0.1) is 0 Å². The minimum absolute atomic E-state index is 0.118. The van der Waals surface area contributed by atoms with Crippen molar-refractivity contribution in [3.05, 3.63) is 59.5 Å². The molecule has 2 rings (SSSR count). The lowest BCUT2D eigenvalue weighted by Gasteiger charge is -2.06. The Morgan fingerprint density at radius 3 is 2.50 bits per heavy atom. The Kier molecular flexibility index (Phi) is 4.65. The Morgan fingerprint density at radius 1 is 1.20 bits per heavy atom. The van der Waals surface area contributed by atoms with Crippen molar-refractivity contribution >= 4 is 5.91 Å². The van der Waals surface area contributed by atoms with Crippen molar-refractivity contribution in [2.75, 3.05) is 7.11 Å². The largest absolute Gasteiger partial charge is 0.481 e. The zero-order valence-electron chi connectivity index (χ0n) is 11.1. The van der Waals surface area contributed by atoms with E-state index >= 15 is 0 Å². The lowest BCUT2D eigenvalue weighted by atomic mass is 10.1. The highest BCUT2D eigenvalue weighted by molar-refractivity contribution is 5.78. The topological polar surface area (TPSA) is 51.2 Å². The van der Waals surface area contributed by atoms with E-state index < -0.39 is 0 Å². The second kappa shape index (κ2) is 6.65. The first-order valence-corrected chi connectivity index (χ1v) is 6.17. The molecule has 1 N–H and O–H groups in total. The summed E-state index contributed by atoms with van der Waals surface area (Å²) in [5.74, 6) is 0.109. The normalized spacial score (nSPS) is 10.1. The van der Waals surface area contributed by atoms with Crippen LogP contribution < -0.4 is 10.1 Å². The molecule has 0 saturated heterocycles. The van der Waals surface area contributed by atoms with Crippen molar-refractivity contribution in [3.63, 3.8) is 0 Å². The molecule has 4 nitrogen and oxygen atoms in total. The van der Waals surface area contributed by atoms with E-state index in [1.165, 1.54) is 12.1 Å². The van der Waals surface area contributed by atoms with Crippen LogP contribution in [-0.2, 0) is 17.8 Å². The van der Waals surface area contributed by atoms with Crippen LogP contribution in [0.15, 0.2) is 42.6 Å². The van der Waals surface area contributed by atoms with Crippen LogP contribution in [0.5, 0.6) is 5.88 Å². The highest BCUT2D eigenvalue weighted by Gasteiger charge is 2.04. The smallest absolute Gasteiger partial charge is 0.224 e. The average Bonchev–Trinajstić information content (AvgIpc) is 2.48. The number of carbonyl (C=O) groups is 1. The molecule has 0 spiro atoms. The van der Waals surface area contributed by atoms with Gasteiger partial charge < -0.3 is 10.1 Å². The van der Waals surface area contributed by atoms with Crippen LogP contribution in [0.25, 0.3) is 0 Å². The maximum Gasteiger partial charge on any atom is 0.224 e. The van der Waals surface area contributed by atoms with Gasteiger partial charge in [0.2, 0.25) is 11.8 Å². The molecule has 1 aromatic carbocycles. The van der Waals surface area contributed by atoms with E-state index in [2.05, 4.69) is 10.3 Å². The molecule has 0 aliphatic carbocycles. The number of benzene rings is 1. The van der Waals surface area contributed by atoms with E-state index in [1.807, 2.05) is 6.07 Å². The molecule has 1 aromatic heterocycles. The molecule has 2 aromatic rings. The van der Waals surface area contributed by atoms with Crippen molar-refractivity contribution in [2.45, 2.75) is 13.0 Å². The summed E-state index contributed by atoms with van der Waals surface area (Å²) in [5.41, 5.74) is 1.66. The molecule has 104 valence electrons. The van der Waals surface area contributed by atoms with Gasteiger partial charge in [-0.3, -0.25) is 4.79 Å². The average molecular weight is 274 g/mol. The van der Waals surface area contributed by atoms with Crippen LogP contribution in [-0.4, -0.2) is 18.0 Å². The third-order valence-electron chi connectivity index (χ3n) is 2.77. The van der Waals surface area contributed by atoms with Gasteiger partial charge in [0.1, 0.15) is 5.82 Å². The summed E-state index contributed by atoms with van der Waals surface area (Å²) in [6.07, 6.45) is 1.88. The summed E-state index contributed by atoms with van der Waals surface area (Å²) in [5, 5.41) is 2.79. The Labute approximate surface area is 116 Å². The molecule has 0 aliphatic rings. The van der Waals surface area contributed by atoms with E-state index in [9.17, 15) is 9.18 Å². The molecule has 0 aliphatic heterocycles. The molecule has 0 saturated carbocycles. The molecular formula is C15H15FN2O2. The van der Waals surface area contributed by atoms with Gasteiger partial charge in [-0.2, -0.15) is 0 Å². The Morgan fingerprint density at radius 2 is 1.90 bits per heavy atom. The molecule has 5 heteroatoms. The van der Waals surface area contributed by atoms with Gasteiger partial charge in [0.25, 0.3) is 0 Å². The van der Waals surface area contributed by atoms with Gasteiger partial charge in [-0.1, -0.05) is 18.2 Å². The van der Waals surface area contributed by atoms with E-state index in [4.69, 9.17) is 4.74 Å². The summed E-state index contributed by atoms with van der Waals surface area (Å²) < 4.78 is 17.7. The van der Waals surface area contributed by atoms with Crippen LogP contribution in [0.2, 0.25) is 0 Å². The standard InChI is InChI=1S/C15H15FN2O2/c1-20-15-7-4-12(10-18-15)9-17-14(19)8-11-2-5-13(16)6-3-11/h2-7,10H,8-9H2,1H3,(H,17,19). The molecular weight excluding hydrogens is 259 g/mol. The maximum atomic E-state index is 12.7. The number of halogens is 1. The summed E-state index contributed by atoms with van der Waals surface area (Å²) in [4.78, 5) is 15.8. The number of amides is 1. The third-order valence-corrected chi connectivity index (χ3v) is 2.77. The van der Waals surface area contributed by atoms with Crippen molar-refractivity contribution in [1.29, 1.82) is 0 Å². The van der Waals surface area contributed by atoms with Crippen LogP contribution in [0.1, 0.15) is 11.1 Å². The van der Waals surface area contributed by atoms with Crippen molar-refractivity contribution in [3.8, 4) is 5.88 Å². The number of ether oxygens (including phenoxy) is 1. The van der Waals surface area contributed by atoms with Gasteiger partial charge in [0, 0.05) is 18.8 Å². The lowest BCUT2D eigenvalue weighted by molar-refractivity contribution is -0.120. The van der Waals surface area contributed by atoms with E-state index in [0.29, 0.717) is 12.4 Å². The summed E-state index contributed by atoms with van der Waals surface area (Å²) >= 11 is 0. The lowest BCUT2D eigenvalue weighted by Crippen LogP contribution is -2.24. The molecule has 0 unspecified atom stereocenters. The molecule has 1 amide bonds. The van der Waals surface area contributed by atoms with Crippen LogP contribution in [0.4, 0.5) is 4.39 Å². The van der Waals surface area contributed by atoms with Gasteiger partial charge in [-0.25, -0.2) is 9.37 Å². The number of nitrogens with one attached hydrogen (secondary N) is 1. The molecule has 0 fully saturated rings. The molecule has 0 radical (unpaired) electrons. The monoisotopic (exact) mass is 274 g/mol. The van der Waals surface area contributed by atoms with Gasteiger partial charge in [0.15, 0.2) is 0 Å². The van der Waals surface area contributed by atoms with Crippen LogP contribution >= 0.6 is 0 Å². The van der Waals surface area contributed by atoms with Crippen molar-refractivity contribution in [1.82, 2.24) is 10.3 Å². The van der Waals surface area contributed by atoms with E-state index in [1.54, 1.807) is 31.5 Å². The number of carbonyl (C=O) groups excluding carboxylic acids is 1. The number of methoxy groups -OCH3 is 1. The number of nitrogens with zero attached hydrogens (tertiary/aromatic N) is 1. The number of aromatic nitrogens is 1. The predicted octanol–water partition coefficient (Wildman–Crippen LogP) is 2.09. The summed E-state index contributed by atoms with van der Waals surface area (Å²) in [6, 6.07) is 9.46. The van der Waals surface area contributed by atoms with Crippen molar-refractivity contribution < 1.29 is 13.9 Å². The van der Waals surface area contributed by atoms with Crippen molar-refractivity contribution in [2.24, 2.45) is 0 Å². The second-order valence-electron chi connectivity index (χ2n) is 4.29. The van der Waals surface area contributed by atoms with E-state index in [0.717, 1.165) is 11.1 Å². The Hall–Kier alpha value is -2.43. The second-order valence-corrected chi connectivity index (χ2v) is 4.29. The number of pyridine rings is 1. The van der Waals surface area contributed by atoms with E-state index in [-0.39, 0.29) is 18.1 Å². The molecule has 0 bridgehead atoms. The number of hydrogen-bond acceptors (Lipinski definition) is 3. The highest BCUT2D eigenvalue weighted by atomic mass is 19.1. The Bertz CT molecular complexity index is 567. The zero-order valence-corrected chi connectivity index (χ0v) is 11.1. The molecule has 0 atom stereocenters. The fourth-order valence-corrected chi connectivity index (χ4v) is 1.69. The van der Waals surface area contributed by atoms with Crippen LogP contribution in [0.3, 0.4) is 0 Å². The first kappa shape index (κ1) is 14.0. The quantitative estimate of drug-likeness (QED) is 0.908. The van der Waals surface area contributed by atoms with Gasteiger partial charge >= 0.3 is 0 Å². The SMILES string of the molecule is COc1ccc(CNC(=O)Cc2ccc(F)cc2)cn1. The summed E-state index contributed by atoms with van der Waals surface area (Å²) in [6.45, 7) is 0.400. The molecule has 1 heterocycles. The third kappa shape index (κ3) is 4.05. The fraction of sp³-hybridized carbons (Fsp3) is 0.200. The first-order valence-electron chi connectivity index (χ1n) is 6.17. The number of rotatable bonds is 5. The summed E-state index contributed by atoms with van der Waals surface area (Å²) in [7, 11) is 1.55. The number of hydrogen-bond donors (Lipinski definition) is 1. The highest BCUT2D eigenvalue weighted by Crippen LogP contribution is 2.07. The predicted molar refractivity (Wildman–Crippen MR) is 72.7 cm³/mol. The van der Waals surface area contributed by atoms with Gasteiger partial charge in [-0.05, 0) is 23.3 Å². The first-order chi connectivity index (χ1) is 9.67. The fourth-order valence-electron chi connectivity index (χ4n) is 1.69. The zero-order chi connectivity index (χ0) is 14.4. The minimum atomic E-state index is -0.307. The maximum absolute atomic E-state index is 12.7. The molecule has 20 heavy (non-hydrogen) atoms. The Balaban J connectivity index is 1.83.